The number of aryl methyl sites for hydroxylation is 1. The number of fused-ring (bicyclic) bond motifs is 2. The first-order valence-electron chi connectivity index (χ1n) is 11.2. The number of hydrogen-bond donors (Lipinski definition) is 1. The lowest BCUT2D eigenvalue weighted by atomic mass is 9.86. The summed E-state index contributed by atoms with van der Waals surface area (Å²) < 4.78 is 11.2. The van der Waals surface area contributed by atoms with Gasteiger partial charge < -0.3 is 24.1 Å². The van der Waals surface area contributed by atoms with Gasteiger partial charge in [0.1, 0.15) is 11.2 Å². The van der Waals surface area contributed by atoms with Gasteiger partial charge in [-0.3, -0.25) is 4.79 Å². The van der Waals surface area contributed by atoms with Crippen LogP contribution in [-0.4, -0.2) is 17.9 Å². The van der Waals surface area contributed by atoms with E-state index in [1.54, 1.807) is 43.5 Å². The Morgan fingerprint density at radius 3 is 2.40 bits per heavy atom. The van der Waals surface area contributed by atoms with Crippen molar-refractivity contribution in [1.29, 1.82) is 0 Å². The molecule has 0 aliphatic carbocycles. The van der Waals surface area contributed by atoms with Crippen LogP contribution >= 0.6 is 11.6 Å². The summed E-state index contributed by atoms with van der Waals surface area (Å²) in [7, 11) is 0. The monoisotopic (exact) mass is 494 g/mol. The molecule has 1 atom stereocenters. The predicted octanol–water partition coefficient (Wildman–Crippen LogP) is 3.82. The van der Waals surface area contributed by atoms with Crippen molar-refractivity contribution in [2.24, 2.45) is 0 Å². The first-order valence-corrected chi connectivity index (χ1v) is 11.5. The third kappa shape index (κ3) is 5.10. The first kappa shape index (κ1) is 24.5. The lowest BCUT2D eigenvalue weighted by Crippen LogP contribution is -2.49. The molecule has 2 aromatic carbocycles. The zero-order chi connectivity index (χ0) is 25.5. The number of carboxylic acids is 1. The van der Waals surface area contributed by atoms with Crippen LogP contribution in [0.3, 0.4) is 0 Å². The van der Waals surface area contributed by atoms with Crippen LogP contribution in [0.15, 0.2) is 56.3 Å². The minimum Gasteiger partial charge on any atom is -0.548 e. The number of carbonyl (C=O) groups is 2. The van der Waals surface area contributed by atoms with Crippen LogP contribution in [0.2, 0.25) is 5.02 Å². The van der Waals surface area contributed by atoms with E-state index >= 15 is 0 Å². The molecular formula is C27H25ClNO6-. The Kier molecular flexibility index (Phi) is 6.47. The van der Waals surface area contributed by atoms with Crippen molar-refractivity contribution >= 4 is 45.4 Å². The average Bonchev–Trinajstić information content (AvgIpc) is 3.20. The second-order valence-corrected chi connectivity index (χ2v) is 10.1. The standard InChI is InChI=1S/C27H26ClNO6/c1-14-17-10-19-20(27(2,3)4)13-34-22(19)12-23(17)35-26(33)18(14)11-24(30)29-21(25(31)32)9-15-5-7-16(28)8-6-15/h5-8,10,12-13,21H,9,11H2,1-4H3,(H,29,30)(H,31,32)/p-1/t21-/m1/s1. The molecule has 4 rings (SSSR count). The van der Waals surface area contributed by atoms with Gasteiger partial charge in [-0.2, -0.15) is 0 Å². The Hall–Kier alpha value is -3.58. The van der Waals surface area contributed by atoms with Gasteiger partial charge in [0, 0.05) is 27.4 Å². The number of benzene rings is 2. The molecule has 1 N–H and O–H groups in total. The molecule has 0 radical (unpaired) electrons. The molecule has 0 aliphatic rings. The Morgan fingerprint density at radius 2 is 1.77 bits per heavy atom. The number of carboxylic acid groups (broad SMARTS) is 1. The SMILES string of the molecule is Cc1c(CC(=O)N[C@H](Cc2ccc(Cl)cc2)C(=O)[O-])c(=O)oc2cc3occ(C(C)(C)C)c3cc12. The summed E-state index contributed by atoms with van der Waals surface area (Å²) in [5, 5.41) is 16.2. The summed E-state index contributed by atoms with van der Waals surface area (Å²) in [6.45, 7) is 7.97. The van der Waals surface area contributed by atoms with E-state index in [4.69, 9.17) is 20.4 Å². The quantitative estimate of drug-likeness (QED) is 0.408. The van der Waals surface area contributed by atoms with Crippen LogP contribution < -0.4 is 16.0 Å². The fourth-order valence-electron chi connectivity index (χ4n) is 4.15. The number of halogens is 1. The maximum atomic E-state index is 12.7. The molecule has 35 heavy (non-hydrogen) atoms. The van der Waals surface area contributed by atoms with Crippen molar-refractivity contribution in [2.45, 2.75) is 52.0 Å². The molecule has 0 saturated heterocycles. The molecule has 182 valence electrons. The second kappa shape index (κ2) is 9.23. The summed E-state index contributed by atoms with van der Waals surface area (Å²) in [6.07, 6.45) is 1.39. The highest BCUT2D eigenvalue weighted by atomic mass is 35.5. The highest BCUT2D eigenvalue weighted by Crippen LogP contribution is 2.35. The Labute approximate surface area is 206 Å². The Morgan fingerprint density at radius 1 is 1.09 bits per heavy atom. The summed E-state index contributed by atoms with van der Waals surface area (Å²) in [4.78, 5) is 37.1. The highest BCUT2D eigenvalue weighted by Gasteiger charge is 2.23. The third-order valence-electron chi connectivity index (χ3n) is 6.10. The molecule has 0 unspecified atom stereocenters. The minimum absolute atomic E-state index is 0.0185. The number of rotatable bonds is 6. The van der Waals surface area contributed by atoms with Gasteiger partial charge in [0.15, 0.2) is 0 Å². The second-order valence-electron chi connectivity index (χ2n) is 9.68. The number of aliphatic carboxylic acids is 1. The minimum atomic E-state index is -1.42. The van der Waals surface area contributed by atoms with Gasteiger partial charge in [-0.15, -0.1) is 0 Å². The van der Waals surface area contributed by atoms with Crippen LogP contribution in [0.5, 0.6) is 0 Å². The van der Waals surface area contributed by atoms with E-state index in [2.05, 4.69) is 26.1 Å². The molecule has 7 nitrogen and oxygen atoms in total. The van der Waals surface area contributed by atoms with Crippen molar-refractivity contribution in [3.05, 3.63) is 80.4 Å². The van der Waals surface area contributed by atoms with E-state index in [0.29, 0.717) is 32.7 Å². The van der Waals surface area contributed by atoms with Crippen molar-refractivity contribution in [3.63, 3.8) is 0 Å². The van der Waals surface area contributed by atoms with Gasteiger partial charge in [-0.1, -0.05) is 44.5 Å². The van der Waals surface area contributed by atoms with Crippen LogP contribution in [0.4, 0.5) is 0 Å². The number of hydrogen-bond acceptors (Lipinski definition) is 6. The van der Waals surface area contributed by atoms with Gasteiger partial charge in [0.05, 0.1) is 30.3 Å². The van der Waals surface area contributed by atoms with Crippen LogP contribution in [0.1, 0.15) is 43.0 Å². The van der Waals surface area contributed by atoms with Crippen molar-refractivity contribution in [1.82, 2.24) is 5.32 Å². The molecule has 4 aromatic rings. The molecule has 2 aromatic heterocycles. The molecule has 0 bridgehead atoms. The molecule has 0 spiro atoms. The topological polar surface area (TPSA) is 113 Å². The normalized spacial score (nSPS) is 12.7. The summed E-state index contributed by atoms with van der Waals surface area (Å²) in [5.41, 5.74) is 2.59. The summed E-state index contributed by atoms with van der Waals surface area (Å²) >= 11 is 5.87. The lowest BCUT2D eigenvalue weighted by Gasteiger charge is -2.20. The van der Waals surface area contributed by atoms with E-state index in [1.807, 2.05) is 6.07 Å². The molecule has 0 aliphatic heterocycles. The van der Waals surface area contributed by atoms with Crippen molar-refractivity contribution in [2.75, 3.05) is 0 Å². The van der Waals surface area contributed by atoms with Crippen molar-refractivity contribution in [3.8, 4) is 0 Å². The fraction of sp³-hybridized carbons (Fsp3) is 0.296. The summed E-state index contributed by atoms with van der Waals surface area (Å²) in [6, 6.07) is 8.93. The van der Waals surface area contributed by atoms with Crippen LogP contribution in [-0.2, 0) is 27.8 Å². The van der Waals surface area contributed by atoms with Crippen molar-refractivity contribution < 1.29 is 23.5 Å². The van der Waals surface area contributed by atoms with Crippen LogP contribution in [0, 0.1) is 6.92 Å². The Bertz CT molecular complexity index is 1490. The zero-order valence-electron chi connectivity index (χ0n) is 19.9. The molecule has 8 heteroatoms. The van der Waals surface area contributed by atoms with E-state index in [0.717, 1.165) is 10.9 Å². The molecule has 2 heterocycles. The van der Waals surface area contributed by atoms with Gasteiger partial charge in [0.2, 0.25) is 5.91 Å². The van der Waals surface area contributed by atoms with Gasteiger partial charge in [-0.25, -0.2) is 4.79 Å². The van der Waals surface area contributed by atoms with E-state index < -0.39 is 23.5 Å². The fourth-order valence-corrected chi connectivity index (χ4v) is 4.28. The largest absolute Gasteiger partial charge is 0.548 e. The number of amides is 1. The van der Waals surface area contributed by atoms with Gasteiger partial charge in [-0.05, 0) is 48.1 Å². The first-order chi connectivity index (χ1) is 16.4. The maximum Gasteiger partial charge on any atom is 0.340 e. The van der Waals surface area contributed by atoms with E-state index in [9.17, 15) is 19.5 Å². The average molecular weight is 495 g/mol. The van der Waals surface area contributed by atoms with E-state index in [-0.39, 0.29) is 23.8 Å². The number of furan rings is 1. The molecule has 0 saturated carbocycles. The molecule has 1 amide bonds. The zero-order valence-corrected chi connectivity index (χ0v) is 20.6. The summed E-state index contributed by atoms with van der Waals surface area (Å²) in [5.74, 6) is -2.05. The lowest BCUT2D eigenvalue weighted by molar-refractivity contribution is -0.308. The smallest absolute Gasteiger partial charge is 0.340 e. The van der Waals surface area contributed by atoms with Crippen LogP contribution in [0.25, 0.3) is 21.9 Å². The predicted molar refractivity (Wildman–Crippen MR) is 131 cm³/mol. The molecular weight excluding hydrogens is 470 g/mol. The molecule has 0 fully saturated rings. The third-order valence-corrected chi connectivity index (χ3v) is 6.35. The van der Waals surface area contributed by atoms with E-state index in [1.165, 1.54) is 0 Å². The number of carbonyl (C=O) groups excluding carboxylic acids is 2. The van der Waals surface area contributed by atoms with Gasteiger partial charge >= 0.3 is 5.63 Å². The Balaban J connectivity index is 1.63. The number of nitrogens with one attached hydrogen (secondary N) is 1. The van der Waals surface area contributed by atoms with Gasteiger partial charge in [0.25, 0.3) is 0 Å². The highest BCUT2D eigenvalue weighted by molar-refractivity contribution is 6.30. The maximum absolute atomic E-state index is 12.7.